The number of allylic oxidation sites excluding steroid dienone is 1. The number of hydrogen-bond acceptors (Lipinski definition) is 5. The van der Waals surface area contributed by atoms with Crippen LogP contribution in [0.25, 0.3) is 0 Å². The fourth-order valence-corrected chi connectivity index (χ4v) is 1.93. The van der Waals surface area contributed by atoms with Gasteiger partial charge in [-0.3, -0.25) is 4.79 Å². The van der Waals surface area contributed by atoms with Crippen LogP contribution in [-0.4, -0.2) is 28.9 Å². The first-order valence-corrected chi connectivity index (χ1v) is 7.62. The molecule has 5 nitrogen and oxygen atoms in total. The van der Waals surface area contributed by atoms with Crippen LogP contribution in [0.2, 0.25) is 0 Å². The van der Waals surface area contributed by atoms with Crippen LogP contribution in [0.3, 0.4) is 0 Å². The Bertz CT molecular complexity index is 499. The fourth-order valence-electron chi connectivity index (χ4n) is 1.93. The first-order chi connectivity index (χ1) is 10.5. The maximum Gasteiger partial charge on any atom is 0.174 e. The number of aromatic hydroxyl groups is 1. The van der Waals surface area contributed by atoms with Gasteiger partial charge in [0.05, 0.1) is 12.3 Å². The molecule has 0 amide bonds. The maximum absolute atomic E-state index is 11.9. The number of nitrogen functional groups attached to an aromatic ring is 1. The topological polar surface area (TPSA) is 92.8 Å². The molecule has 1 atom stereocenters. The lowest BCUT2D eigenvalue weighted by atomic mass is 10.1. The van der Waals surface area contributed by atoms with Crippen LogP contribution in [-0.2, 0) is 4.74 Å². The number of unbranched alkanes of at least 4 members (excludes halogenated alkanes) is 3. The number of hydrogen-bond donors (Lipinski definition) is 3. The summed E-state index contributed by atoms with van der Waals surface area (Å²) < 4.78 is 5.22. The number of ether oxygens (including phenoxy) is 1. The Morgan fingerprint density at radius 1 is 1.36 bits per heavy atom. The quantitative estimate of drug-likeness (QED) is 0.154. The number of anilines is 1. The summed E-state index contributed by atoms with van der Waals surface area (Å²) in [5, 5.41) is 18.9. The summed E-state index contributed by atoms with van der Waals surface area (Å²) in [4.78, 5) is 11.9. The van der Waals surface area contributed by atoms with Gasteiger partial charge in [0.15, 0.2) is 12.1 Å². The van der Waals surface area contributed by atoms with E-state index in [1.807, 2.05) is 0 Å². The number of carbonyl (C=O) groups excluding carboxylic acids is 1. The third-order valence-corrected chi connectivity index (χ3v) is 3.24. The molecule has 0 aliphatic rings. The lowest BCUT2D eigenvalue weighted by molar-refractivity contribution is -0.0651. The molecule has 0 heterocycles. The SMILES string of the molecule is CCCCCCOC(O)C=CCC(=O)c1ccc(O)c(N)c1. The molecule has 0 spiro atoms. The number of nitrogens with two attached hydrogens (primary N) is 1. The van der Waals surface area contributed by atoms with Crippen LogP contribution < -0.4 is 5.73 Å². The molecule has 0 bridgehead atoms. The Morgan fingerprint density at radius 3 is 2.82 bits per heavy atom. The zero-order chi connectivity index (χ0) is 16.4. The van der Waals surface area contributed by atoms with Gasteiger partial charge in [-0.15, -0.1) is 0 Å². The second kappa shape index (κ2) is 9.97. The summed E-state index contributed by atoms with van der Waals surface area (Å²) in [5.74, 6) is -0.183. The standard InChI is InChI=1S/C17H25NO4/c1-2-3-4-5-11-22-17(21)8-6-7-15(19)13-9-10-16(20)14(18)12-13/h6,8-10,12,17,20-21H,2-5,7,11,18H2,1H3. The van der Waals surface area contributed by atoms with Gasteiger partial charge in [0.2, 0.25) is 0 Å². The second-order valence-electron chi connectivity index (χ2n) is 5.15. The lowest BCUT2D eigenvalue weighted by Crippen LogP contribution is -2.09. The number of carbonyl (C=O) groups is 1. The molecule has 1 unspecified atom stereocenters. The van der Waals surface area contributed by atoms with Gasteiger partial charge in [0.25, 0.3) is 0 Å². The highest BCUT2D eigenvalue weighted by Gasteiger charge is 2.07. The zero-order valence-electron chi connectivity index (χ0n) is 13.0. The summed E-state index contributed by atoms with van der Waals surface area (Å²) in [6, 6.07) is 4.34. The van der Waals surface area contributed by atoms with E-state index in [-0.39, 0.29) is 23.6 Å². The minimum Gasteiger partial charge on any atom is -0.506 e. The smallest absolute Gasteiger partial charge is 0.174 e. The second-order valence-corrected chi connectivity index (χ2v) is 5.15. The number of Topliss-reactive ketones (excluding diaryl/α,β-unsaturated/α-hetero) is 1. The van der Waals surface area contributed by atoms with Gasteiger partial charge >= 0.3 is 0 Å². The van der Waals surface area contributed by atoms with Gasteiger partial charge in [-0.25, -0.2) is 0 Å². The van der Waals surface area contributed by atoms with Crippen molar-refractivity contribution in [2.75, 3.05) is 12.3 Å². The lowest BCUT2D eigenvalue weighted by Gasteiger charge is -2.07. The summed E-state index contributed by atoms with van der Waals surface area (Å²) >= 11 is 0. The molecule has 0 aliphatic carbocycles. The summed E-state index contributed by atoms with van der Waals surface area (Å²) in [7, 11) is 0. The first-order valence-electron chi connectivity index (χ1n) is 7.62. The van der Waals surface area contributed by atoms with E-state index in [0.717, 1.165) is 19.3 Å². The van der Waals surface area contributed by atoms with Crippen LogP contribution >= 0.6 is 0 Å². The average Bonchev–Trinajstić information content (AvgIpc) is 2.49. The largest absolute Gasteiger partial charge is 0.506 e. The Labute approximate surface area is 131 Å². The van der Waals surface area contributed by atoms with E-state index < -0.39 is 6.29 Å². The minimum atomic E-state index is -0.987. The number of phenolic OH excluding ortho intramolecular Hbond substituents is 1. The van der Waals surface area contributed by atoms with E-state index >= 15 is 0 Å². The van der Waals surface area contributed by atoms with Crippen molar-refractivity contribution in [2.45, 2.75) is 45.3 Å². The Kier molecular flexibility index (Phi) is 8.25. The third kappa shape index (κ3) is 6.74. The van der Waals surface area contributed by atoms with Crippen molar-refractivity contribution < 1.29 is 19.7 Å². The summed E-state index contributed by atoms with van der Waals surface area (Å²) in [6.45, 7) is 2.64. The molecule has 0 radical (unpaired) electrons. The Balaban J connectivity index is 2.31. The van der Waals surface area contributed by atoms with Crippen LogP contribution in [0.4, 0.5) is 5.69 Å². The fraction of sp³-hybridized carbons (Fsp3) is 0.471. The molecule has 4 N–H and O–H groups in total. The molecule has 0 saturated heterocycles. The van der Waals surface area contributed by atoms with E-state index in [0.29, 0.717) is 12.2 Å². The van der Waals surface area contributed by atoms with Crippen molar-refractivity contribution in [1.82, 2.24) is 0 Å². The van der Waals surface area contributed by atoms with Gasteiger partial charge in [-0.2, -0.15) is 0 Å². The molecule has 0 aliphatic heterocycles. The van der Waals surface area contributed by atoms with E-state index in [9.17, 15) is 15.0 Å². The first kappa shape index (κ1) is 18.2. The zero-order valence-corrected chi connectivity index (χ0v) is 13.0. The normalized spacial score (nSPS) is 12.6. The highest BCUT2D eigenvalue weighted by atomic mass is 16.6. The Morgan fingerprint density at radius 2 is 2.14 bits per heavy atom. The molecule has 122 valence electrons. The summed E-state index contributed by atoms with van der Waals surface area (Å²) in [5.41, 5.74) is 6.14. The molecular formula is C17H25NO4. The molecule has 0 saturated carbocycles. The minimum absolute atomic E-state index is 0.0426. The van der Waals surface area contributed by atoms with Crippen LogP contribution in [0.1, 0.15) is 49.4 Å². The van der Waals surface area contributed by atoms with Crippen LogP contribution in [0.5, 0.6) is 5.75 Å². The number of rotatable bonds is 10. The highest BCUT2D eigenvalue weighted by molar-refractivity contribution is 5.98. The molecular weight excluding hydrogens is 282 g/mol. The van der Waals surface area contributed by atoms with E-state index in [1.54, 1.807) is 6.08 Å². The van der Waals surface area contributed by atoms with Crippen molar-refractivity contribution in [3.63, 3.8) is 0 Å². The van der Waals surface area contributed by atoms with Crippen molar-refractivity contribution in [1.29, 1.82) is 0 Å². The molecule has 1 rings (SSSR count). The van der Waals surface area contributed by atoms with Gasteiger partial charge in [0, 0.05) is 12.0 Å². The number of aliphatic hydroxyl groups is 1. The molecule has 0 fully saturated rings. The van der Waals surface area contributed by atoms with Crippen molar-refractivity contribution in [3.05, 3.63) is 35.9 Å². The van der Waals surface area contributed by atoms with Gasteiger partial charge < -0.3 is 20.7 Å². The predicted molar refractivity (Wildman–Crippen MR) is 86.7 cm³/mol. The van der Waals surface area contributed by atoms with Crippen LogP contribution in [0.15, 0.2) is 30.4 Å². The molecule has 22 heavy (non-hydrogen) atoms. The molecule has 1 aromatic rings. The third-order valence-electron chi connectivity index (χ3n) is 3.24. The van der Waals surface area contributed by atoms with Gasteiger partial charge in [0.1, 0.15) is 5.75 Å². The number of phenols is 1. The molecule has 0 aromatic heterocycles. The monoisotopic (exact) mass is 307 g/mol. The predicted octanol–water partition coefficient (Wildman–Crippen LogP) is 3.02. The van der Waals surface area contributed by atoms with Gasteiger partial charge in [-0.05, 0) is 30.7 Å². The maximum atomic E-state index is 11.9. The van der Waals surface area contributed by atoms with Crippen molar-refractivity contribution in [3.8, 4) is 5.75 Å². The highest BCUT2D eigenvalue weighted by Crippen LogP contribution is 2.21. The van der Waals surface area contributed by atoms with Gasteiger partial charge in [-0.1, -0.05) is 32.3 Å². The van der Waals surface area contributed by atoms with Crippen LogP contribution in [0, 0.1) is 0 Å². The number of ketones is 1. The number of benzene rings is 1. The van der Waals surface area contributed by atoms with Crippen molar-refractivity contribution in [2.24, 2.45) is 0 Å². The van der Waals surface area contributed by atoms with E-state index in [4.69, 9.17) is 10.5 Å². The molecule has 5 heteroatoms. The van der Waals surface area contributed by atoms with E-state index in [1.165, 1.54) is 30.7 Å². The number of aliphatic hydroxyl groups excluding tert-OH is 1. The molecule has 1 aromatic carbocycles. The summed E-state index contributed by atoms with van der Waals surface area (Å²) in [6.07, 6.45) is 6.52. The Hall–Kier alpha value is -1.85. The average molecular weight is 307 g/mol. The van der Waals surface area contributed by atoms with E-state index in [2.05, 4.69) is 6.92 Å². The van der Waals surface area contributed by atoms with Crippen molar-refractivity contribution >= 4 is 11.5 Å².